The molecule has 6 heteroatoms. The largest absolute Gasteiger partial charge is 0.352 e. The van der Waals surface area contributed by atoms with E-state index in [1.165, 1.54) is 17.7 Å². The van der Waals surface area contributed by atoms with Crippen molar-refractivity contribution in [1.29, 1.82) is 0 Å². The summed E-state index contributed by atoms with van der Waals surface area (Å²) in [6.07, 6.45) is 0.692. The fourth-order valence-electron chi connectivity index (χ4n) is 3.76. The number of thioether (sulfide) groups is 1. The summed E-state index contributed by atoms with van der Waals surface area (Å²) in [6, 6.07) is 23.3. The second-order valence-electron chi connectivity index (χ2n) is 8.93. The molecular weight excluding hydrogens is 459 g/mol. The average molecular weight is 493 g/mol. The van der Waals surface area contributed by atoms with Crippen LogP contribution in [0.2, 0.25) is 0 Å². The molecule has 0 bridgehead atoms. The van der Waals surface area contributed by atoms with Crippen LogP contribution < -0.4 is 5.32 Å². The summed E-state index contributed by atoms with van der Waals surface area (Å²) in [5, 5.41) is 2.98. The van der Waals surface area contributed by atoms with Gasteiger partial charge in [0.05, 0.1) is 0 Å². The van der Waals surface area contributed by atoms with Crippen molar-refractivity contribution in [2.24, 2.45) is 0 Å². The molecule has 0 radical (unpaired) electrons. The Morgan fingerprint density at radius 2 is 1.57 bits per heavy atom. The van der Waals surface area contributed by atoms with Gasteiger partial charge in [0.1, 0.15) is 11.9 Å². The number of amides is 2. The number of aryl methyl sites for hydroxylation is 1. The Morgan fingerprint density at radius 1 is 0.914 bits per heavy atom. The minimum atomic E-state index is -0.679. The topological polar surface area (TPSA) is 49.4 Å². The van der Waals surface area contributed by atoms with E-state index in [0.29, 0.717) is 18.6 Å². The highest BCUT2D eigenvalue weighted by molar-refractivity contribution is 7.99. The molecule has 0 saturated heterocycles. The third kappa shape index (κ3) is 8.55. The first-order chi connectivity index (χ1) is 16.8. The lowest BCUT2D eigenvalue weighted by Crippen LogP contribution is -2.51. The number of nitrogens with zero attached hydrogens (tertiary/aromatic N) is 1. The molecule has 0 heterocycles. The molecule has 0 fully saturated rings. The number of hydrogen-bond donors (Lipinski definition) is 1. The zero-order valence-corrected chi connectivity index (χ0v) is 21.4. The Kier molecular flexibility index (Phi) is 9.91. The Morgan fingerprint density at radius 3 is 2.20 bits per heavy atom. The molecule has 0 saturated carbocycles. The molecule has 3 aromatic carbocycles. The molecule has 0 aliphatic heterocycles. The number of rotatable bonds is 11. The van der Waals surface area contributed by atoms with Crippen LogP contribution in [0.25, 0.3) is 0 Å². The van der Waals surface area contributed by atoms with Crippen molar-refractivity contribution in [2.45, 2.75) is 57.1 Å². The third-order valence-electron chi connectivity index (χ3n) is 5.57. The van der Waals surface area contributed by atoms with E-state index in [9.17, 15) is 14.0 Å². The minimum Gasteiger partial charge on any atom is -0.352 e. The second kappa shape index (κ2) is 13.1. The summed E-state index contributed by atoms with van der Waals surface area (Å²) < 4.78 is 13.5. The van der Waals surface area contributed by atoms with Gasteiger partial charge in [-0.2, -0.15) is 0 Å². The maximum absolute atomic E-state index is 13.5. The van der Waals surface area contributed by atoms with Gasteiger partial charge in [0.15, 0.2) is 0 Å². The average Bonchev–Trinajstić information content (AvgIpc) is 2.84. The standard InChI is InChI=1S/C29H33FN2O2S/c1-21(2)31-29(34)27(19-23-7-5-4-6-8-23)32(20-24-11-13-25(30)14-12-24)28(33)17-18-35-26-15-9-22(3)10-16-26/h4-16,21,27H,17-20H2,1-3H3,(H,31,34)/t27-/m1/s1. The lowest BCUT2D eigenvalue weighted by atomic mass is 10.0. The van der Waals surface area contributed by atoms with Crippen LogP contribution in [0.3, 0.4) is 0 Å². The maximum Gasteiger partial charge on any atom is 0.243 e. The van der Waals surface area contributed by atoms with Gasteiger partial charge in [-0.05, 0) is 56.2 Å². The normalized spacial score (nSPS) is 11.8. The van der Waals surface area contributed by atoms with E-state index in [4.69, 9.17) is 0 Å². The van der Waals surface area contributed by atoms with Gasteiger partial charge in [-0.3, -0.25) is 9.59 Å². The lowest BCUT2D eigenvalue weighted by Gasteiger charge is -2.32. The quantitative estimate of drug-likeness (QED) is 0.345. The van der Waals surface area contributed by atoms with Crippen LogP contribution in [0, 0.1) is 12.7 Å². The molecule has 4 nitrogen and oxygen atoms in total. The van der Waals surface area contributed by atoms with Gasteiger partial charge < -0.3 is 10.2 Å². The van der Waals surface area contributed by atoms with E-state index >= 15 is 0 Å². The highest BCUT2D eigenvalue weighted by Gasteiger charge is 2.30. The molecule has 3 rings (SSSR count). The first-order valence-electron chi connectivity index (χ1n) is 11.9. The van der Waals surface area contributed by atoms with Crippen molar-refractivity contribution in [1.82, 2.24) is 10.2 Å². The Labute approximate surface area is 211 Å². The Balaban J connectivity index is 1.83. The van der Waals surface area contributed by atoms with Crippen LogP contribution in [0.4, 0.5) is 4.39 Å². The zero-order chi connectivity index (χ0) is 25.2. The van der Waals surface area contributed by atoms with Gasteiger partial charge in [0.2, 0.25) is 11.8 Å². The number of carbonyl (C=O) groups excluding carboxylic acids is 2. The van der Waals surface area contributed by atoms with E-state index in [0.717, 1.165) is 16.0 Å². The van der Waals surface area contributed by atoms with Crippen LogP contribution in [0.1, 0.15) is 37.0 Å². The number of nitrogens with one attached hydrogen (secondary N) is 1. The van der Waals surface area contributed by atoms with E-state index in [1.54, 1.807) is 28.8 Å². The van der Waals surface area contributed by atoms with Crippen LogP contribution in [-0.4, -0.2) is 34.6 Å². The molecule has 1 atom stereocenters. The second-order valence-corrected chi connectivity index (χ2v) is 10.1. The molecule has 0 aliphatic carbocycles. The first kappa shape index (κ1) is 26.5. The van der Waals surface area contributed by atoms with Gasteiger partial charge in [0, 0.05) is 36.1 Å². The highest BCUT2D eigenvalue weighted by Crippen LogP contribution is 2.21. The first-order valence-corrected chi connectivity index (χ1v) is 12.9. The molecule has 184 valence electrons. The van der Waals surface area contributed by atoms with Crippen molar-refractivity contribution in [3.63, 3.8) is 0 Å². The van der Waals surface area contributed by atoms with E-state index in [2.05, 4.69) is 29.6 Å². The molecule has 35 heavy (non-hydrogen) atoms. The molecule has 0 aliphatic rings. The van der Waals surface area contributed by atoms with Gasteiger partial charge in [-0.25, -0.2) is 4.39 Å². The van der Waals surface area contributed by atoms with Gasteiger partial charge >= 0.3 is 0 Å². The predicted octanol–water partition coefficient (Wildman–Crippen LogP) is 5.78. The minimum absolute atomic E-state index is 0.0550. The number of carbonyl (C=O) groups is 2. The maximum atomic E-state index is 13.5. The summed E-state index contributed by atoms with van der Waals surface area (Å²) in [6.45, 7) is 6.08. The van der Waals surface area contributed by atoms with Gasteiger partial charge in [-0.1, -0.05) is 60.2 Å². The van der Waals surface area contributed by atoms with Crippen LogP contribution in [-0.2, 0) is 22.6 Å². The molecule has 1 N–H and O–H groups in total. The Bertz CT molecular complexity index is 1090. The monoisotopic (exact) mass is 492 g/mol. The summed E-state index contributed by atoms with van der Waals surface area (Å²) in [5.74, 6) is -0.0233. The number of benzene rings is 3. The van der Waals surface area contributed by atoms with Crippen molar-refractivity contribution in [2.75, 3.05) is 5.75 Å². The van der Waals surface area contributed by atoms with Crippen molar-refractivity contribution in [3.05, 3.63) is 101 Å². The molecule has 0 unspecified atom stereocenters. The van der Waals surface area contributed by atoms with E-state index in [-0.39, 0.29) is 30.2 Å². The summed E-state index contributed by atoms with van der Waals surface area (Å²) in [5.41, 5.74) is 2.94. The number of halogens is 1. The van der Waals surface area contributed by atoms with E-state index in [1.807, 2.05) is 51.1 Å². The van der Waals surface area contributed by atoms with Gasteiger partial charge in [0.25, 0.3) is 0 Å². The van der Waals surface area contributed by atoms with Crippen LogP contribution in [0.15, 0.2) is 83.8 Å². The van der Waals surface area contributed by atoms with E-state index < -0.39 is 6.04 Å². The van der Waals surface area contributed by atoms with Crippen LogP contribution in [0.5, 0.6) is 0 Å². The highest BCUT2D eigenvalue weighted by atomic mass is 32.2. The van der Waals surface area contributed by atoms with Gasteiger partial charge in [-0.15, -0.1) is 11.8 Å². The molecule has 3 aromatic rings. The molecule has 0 aromatic heterocycles. The van der Waals surface area contributed by atoms with Crippen molar-refractivity contribution >= 4 is 23.6 Å². The summed E-state index contributed by atoms with van der Waals surface area (Å²) in [7, 11) is 0. The lowest BCUT2D eigenvalue weighted by molar-refractivity contribution is -0.141. The third-order valence-corrected chi connectivity index (χ3v) is 6.59. The van der Waals surface area contributed by atoms with Crippen molar-refractivity contribution in [3.8, 4) is 0 Å². The predicted molar refractivity (Wildman–Crippen MR) is 141 cm³/mol. The Hall–Kier alpha value is -3.12. The SMILES string of the molecule is Cc1ccc(SCCC(=O)N(Cc2ccc(F)cc2)[C@H](Cc2ccccc2)C(=O)NC(C)C)cc1. The summed E-state index contributed by atoms with van der Waals surface area (Å²) >= 11 is 1.62. The number of hydrogen-bond acceptors (Lipinski definition) is 3. The fraction of sp³-hybridized carbons (Fsp3) is 0.310. The van der Waals surface area contributed by atoms with Crippen LogP contribution >= 0.6 is 11.8 Å². The van der Waals surface area contributed by atoms with Crippen molar-refractivity contribution < 1.29 is 14.0 Å². The molecule has 2 amide bonds. The fourth-order valence-corrected chi connectivity index (χ4v) is 4.60. The molecular formula is C29H33FN2O2S. The zero-order valence-electron chi connectivity index (χ0n) is 20.5. The smallest absolute Gasteiger partial charge is 0.243 e. The molecule has 0 spiro atoms. The summed E-state index contributed by atoms with van der Waals surface area (Å²) in [4.78, 5) is 29.6.